The highest BCUT2D eigenvalue weighted by Gasteiger charge is 2.45. The minimum Gasteiger partial charge on any atom is -0.497 e. The highest BCUT2D eigenvalue weighted by molar-refractivity contribution is 6.00. The fourth-order valence-electron chi connectivity index (χ4n) is 5.30. The molecule has 36 heavy (non-hydrogen) atoms. The molecular weight excluding hydrogens is 463 g/mol. The maximum absolute atomic E-state index is 14.6. The molecule has 182 valence electrons. The van der Waals surface area contributed by atoms with Crippen molar-refractivity contribution in [1.29, 1.82) is 0 Å². The van der Waals surface area contributed by atoms with E-state index in [0.29, 0.717) is 28.2 Å². The molecular formula is C28H23FN2O5. The second-order valence-corrected chi connectivity index (χ2v) is 9.26. The van der Waals surface area contributed by atoms with Crippen LogP contribution < -0.4 is 10.3 Å². The molecule has 0 aliphatic carbocycles. The summed E-state index contributed by atoms with van der Waals surface area (Å²) in [5.74, 6) is -0.450. The highest BCUT2D eigenvalue weighted by atomic mass is 19.1. The van der Waals surface area contributed by atoms with E-state index in [9.17, 15) is 19.1 Å². The van der Waals surface area contributed by atoms with Crippen molar-refractivity contribution < 1.29 is 23.8 Å². The molecule has 0 bridgehead atoms. The number of carbonyl (C=O) groups is 1. The van der Waals surface area contributed by atoms with Crippen LogP contribution in [0, 0.1) is 12.7 Å². The van der Waals surface area contributed by atoms with E-state index in [0.717, 1.165) is 22.1 Å². The molecule has 2 aromatic heterocycles. The molecule has 0 radical (unpaired) electrons. The average molecular weight is 486 g/mol. The van der Waals surface area contributed by atoms with Crippen molar-refractivity contribution in [3.63, 3.8) is 0 Å². The lowest BCUT2D eigenvalue weighted by Gasteiger charge is -2.31. The Morgan fingerprint density at radius 2 is 1.92 bits per heavy atom. The Kier molecular flexibility index (Phi) is 4.82. The first kappa shape index (κ1) is 22.4. The summed E-state index contributed by atoms with van der Waals surface area (Å²) in [5, 5.41) is 11.9. The van der Waals surface area contributed by atoms with Gasteiger partial charge in [0.05, 0.1) is 36.1 Å². The summed E-state index contributed by atoms with van der Waals surface area (Å²) in [6.45, 7) is 3.41. The molecule has 1 N–H and O–H groups in total. The van der Waals surface area contributed by atoms with Crippen LogP contribution in [0.4, 0.5) is 4.39 Å². The molecule has 2 aliphatic rings. The number of halogens is 1. The lowest BCUT2D eigenvalue weighted by atomic mass is 9.86. The predicted molar refractivity (Wildman–Crippen MR) is 131 cm³/mol. The van der Waals surface area contributed by atoms with Gasteiger partial charge in [0.1, 0.15) is 18.2 Å². The van der Waals surface area contributed by atoms with Crippen LogP contribution in [0.15, 0.2) is 47.3 Å². The Labute approximate surface area is 205 Å². The first-order chi connectivity index (χ1) is 17.3. The molecule has 8 heteroatoms. The number of hydrogen-bond acceptors (Lipinski definition) is 6. The fourth-order valence-corrected chi connectivity index (χ4v) is 5.30. The molecule has 2 aromatic carbocycles. The molecule has 0 fully saturated rings. The number of hydrogen-bond donors (Lipinski definition) is 1. The molecule has 0 saturated heterocycles. The second kappa shape index (κ2) is 7.73. The molecule has 1 atom stereocenters. The van der Waals surface area contributed by atoms with Gasteiger partial charge in [-0.25, -0.2) is 14.2 Å². The first-order valence-corrected chi connectivity index (χ1v) is 11.7. The standard InChI is InChI=1S/C28H23FN2O5/c1-4-28(34)20-10-23-25-18(12-31(23)26(32)19(20)13-36-27(28)33)24(15-5-7-16(35-3)8-6-15)17-9-14(2)21(29)11-22(17)30-25/h5-11,34H,4,12-13H2,1-3H3/t28-/m0/s1. The van der Waals surface area contributed by atoms with Gasteiger partial charge in [-0.3, -0.25) is 4.79 Å². The molecule has 0 saturated carbocycles. The number of cyclic esters (lactones) is 1. The average Bonchev–Trinajstić information content (AvgIpc) is 3.24. The van der Waals surface area contributed by atoms with E-state index < -0.39 is 11.6 Å². The third kappa shape index (κ3) is 2.97. The molecule has 0 amide bonds. The van der Waals surface area contributed by atoms with E-state index in [1.165, 1.54) is 6.07 Å². The van der Waals surface area contributed by atoms with Crippen molar-refractivity contribution in [3.05, 3.63) is 80.9 Å². The normalized spacial score (nSPS) is 18.0. The number of ether oxygens (including phenoxy) is 2. The van der Waals surface area contributed by atoms with E-state index in [-0.39, 0.29) is 42.1 Å². The Morgan fingerprint density at radius 3 is 2.61 bits per heavy atom. The van der Waals surface area contributed by atoms with E-state index in [1.54, 1.807) is 37.7 Å². The number of methoxy groups -OCH3 is 1. The number of pyridine rings is 2. The van der Waals surface area contributed by atoms with Crippen LogP contribution in [0.3, 0.4) is 0 Å². The fraction of sp³-hybridized carbons (Fsp3) is 0.250. The summed E-state index contributed by atoms with van der Waals surface area (Å²) in [6.07, 6.45) is 0.0569. The molecule has 2 aliphatic heterocycles. The largest absolute Gasteiger partial charge is 0.497 e. The Balaban J connectivity index is 1.68. The van der Waals surface area contributed by atoms with Gasteiger partial charge in [0, 0.05) is 22.6 Å². The van der Waals surface area contributed by atoms with Crippen molar-refractivity contribution in [3.8, 4) is 28.3 Å². The quantitative estimate of drug-likeness (QED) is 0.385. The zero-order valence-electron chi connectivity index (χ0n) is 20.0. The third-order valence-electron chi connectivity index (χ3n) is 7.35. The number of esters is 1. The number of benzene rings is 2. The highest BCUT2D eigenvalue weighted by Crippen LogP contribution is 2.43. The van der Waals surface area contributed by atoms with Crippen molar-refractivity contribution in [2.45, 2.75) is 39.0 Å². The Morgan fingerprint density at radius 1 is 1.17 bits per heavy atom. The molecule has 0 unspecified atom stereocenters. The number of rotatable bonds is 3. The monoisotopic (exact) mass is 486 g/mol. The second-order valence-electron chi connectivity index (χ2n) is 9.26. The van der Waals surface area contributed by atoms with Gasteiger partial charge in [-0.05, 0) is 54.3 Å². The van der Waals surface area contributed by atoms with Crippen LogP contribution in [-0.4, -0.2) is 27.7 Å². The van der Waals surface area contributed by atoms with Crippen LogP contribution in [0.1, 0.15) is 35.6 Å². The maximum atomic E-state index is 14.6. The van der Waals surface area contributed by atoms with E-state index in [1.807, 2.05) is 24.3 Å². The summed E-state index contributed by atoms with van der Waals surface area (Å²) >= 11 is 0. The number of carbonyl (C=O) groups excluding carboxylic acids is 1. The number of fused-ring (bicyclic) bond motifs is 5. The summed E-state index contributed by atoms with van der Waals surface area (Å²) in [5.41, 5.74) is 2.72. The van der Waals surface area contributed by atoms with Crippen LogP contribution in [0.25, 0.3) is 33.4 Å². The van der Waals surface area contributed by atoms with Gasteiger partial charge in [-0.1, -0.05) is 19.1 Å². The minimum atomic E-state index is -1.91. The molecule has 4 aromatic rings. The Bertz CT molecular complexity index is 1660. The molecule has 7 nitrogen and oxygen atoms in total. The van der Waals surface area contributed by atoms with E-state index in [4.69, 9.17) is 14.5 Å². The summed E-state index contributed by atoms with van der Waals surface area (Å²) in [7, 11) is 1.59. The van der Waals surface area contributed by atoms with Crippen molar-refractivity contribution in [2.24, 2.45) is 0 Å². The van der Waals surface area contributed by atoms with Crippen LogP contribution in [0.2, 0.25) is 0 Å². The zero-order valence-corrected chi connectivity index (χ0v) is 20.0. The minimum absolute atomic E-state index is 0.0569. The number of aryl methyl sites for hydroxylation is 1. The van der Waals surface area contributed by atoms with Crippen LogP contribution in [0.5, 0.6) is 5.75 Å². The number of aromatic nitrogens is 2. The Hall–Kier alpha value is -4.04. The smallest absolute Gasteiger partial charge is 0.343 e. The SMILES string of the molecule is CC[C@@]1(O)C(=O)OCc2c1cc1n(c2=O)Cc2c-1nc1cc(F)c(C)cc1c2-c1ccc(OC)cc1. The van der Waals surface area contributed by atoms with Crippen molar-refractivity contribution >= 4 is 16.9 Å². The van der Waals surface area contributed by atoms with Gasteiger partial charge in [0.25, 0.3) is 5.56 Å². The first-order valence-electron chi connectivity index (χ1n) is 11.7. The van der Waals surface area contributed by atoms with Gasteiger partial charge < -0.3 is 19.1 Å². The van der Waals surface area contributed by atoms with Gasteiger partial charge >= 0.3 is 5.97 Å². The van der Waals surface area contributed by atoms with Crippen LogP contribution in [-0.2, 0) is 28.3 Å². The zero-order chi connectivity index (χ0) is 25.4. The summed E-state index contributed by atoms with van der Waals surface area (Å²) in [6, 6.07) is 12.4. The van der Waals surface area contributed by atoms with Crippen molar-refractivity contribution in [2.75, 3.05) is 7.11 Å². The van der Waals surface area contributed by atoms with Gasteiger partial charge in [0.15, 0.2) is 5.60 Å². The number of nitrogens with zero attached hydrogens (tertiary/aromatic N) is 2. The topological polar surface area (TPSA) is 90.7 Å². The third-order valence-corrected chi connectivity index (χ3v) is 7.35. The summed E-state index contributed by atoms with van der Waals surface area (Å²) < 4.78 is 26.7. The van der Waals surface area contributed by atoms with Gasteiger partial charge in [0.2, 0.25) is 0 Å². The number of aliphatic hydroxyl groups is 1. The lowest BCUT2D eigenvalue weighted by molar-refractivity contribution is -0.172. The van der Waals surface area contributed by atoms with Gasteiger partial charge in [-0.15, -0.1) is 0 Å². The lowest BCUT2D eigenvalue weighted by Crippen LogP contribution is -2.44. The predicted octanol–water partition coefficient (Wildman–Crippen LogP) is 4.20. The molecule has 6 rings (SSSR count). The van der Waals surface area contributed by atoms with Gasteiger partial charge in [-0.2, -0.15) is 0 Å². The van der Waals surface area contributed by atoms with Crippen LogP contribution >= 0.6 is 0 Å². The van der Waals surface area contributed by atoms with E-state index in [2.05, 4.69) is 0 Å². The summed E-state index contributed by atoms with van der Waals surface area (Å²) in [4.78, 5) is 30.8. The maximum Gasteiger partial charge on any atom is 0.343 e. The van der Waals surface area contributed by atoms with Crippen molar-refractivity contribution in [1.82, 2.24) is 9.55 Å². The van der Waals surface area contributed by atoms with E-state index >= 15 is 0 Å². The molecule has 0 spiro atoms. The molecule has 4 heterocycles.